The predicted octanol–water partition coefficient (Wildman–Crippen LogP) is 4.19. The molecular formula is C15H16Cl2F3N3O2S. The first-order valence-corrected chi connectivity index (χ1v) is 9.52. The summed E-state index contributed by atoms with van der Waals surface area (Å²) in [4.78, 5) is 3.66. The molecule has 5 nitrogen and oxygen atoms in total. The summed E-state index contributed by atoms with van der Waals surface area (Å²) in [5, 5.41) is 0.259. The van der Waals surface area contributed by atoms with E-state index in [9.17, 15) is 21.6 Å². The largest absolute Gasteiger partial charge is 0.406 e. The minimum atomic E-state index is -4.45. The van der Waals surface area contributed by atoms with E-state index in [0.29, 0.717) is 5.56 Å². The highest BCUT2D eigenvalue weighted by Gasteiger charge is 2.31. The normalized spacial score (nSPS) is 12.8. The van der Waals surface area contributed by atoms with Gasteiger partial charge in [-0.1, -0.05) is 23.2 Å². The average Bonchev–Trinajstić information content (AvgIpc) is 2.90. The van der Waals surface area contributed by atoms with Crippen molar-refractivity contribution in [2.24, 2.45) is 0 Å². The van der Waals surface area contributed by atoms with Crippen LogP contribution in [-0.2, 0) is 23.1 Å². The Bertz CT molecular complexity index is 901. The molecule has 0 saturated carbocycles. The Labute approximate surface area is 159 Å². The molecule has 2 aromatic rings. The van der Waals surface area contributed by atoms with Crippen LogP contribution in [0.3, 0.4) is 0 Å². The van der Waals surface area contributed by atoms with E-state index >= 15 is 0 Å². The van der Waals surface area contributed by atoms with Crippen LogP contribution in [0, 0.1) is 13.8 Å². The Morgan fingerprint density at radius 3 is 2.46 bits per heavy atom. The van der Waals surface area contributed by atoms with Crippen molar-refractivity contribution >= 4 is 33.2 Å². The molecule has 2 rings (SSSR count). The van der Waals surface area contributed by atoms with Crippen molar-refractivity contribution in [2.45, 2.75) is 38.0 Å². The first-order chi connectivity index (χ1) is 11.8. The van der Waals surface area contributed by atoms with Crippen LogP contribution in [0.1, 0.15) is 17.0 Å². The van der Waals surface area contributed by atoms with Gasteiger partial charge in [0.15, 0.2) is 0 Å². The van der Waals surface area contributed by atoms with Crippen molar-refractivity contribution in [3.63, 3.8) is 0 Å². The fourth-order valence-corrected chi connectivity index (χ4v) is 4.67. The van der Waals surface area contributed by atoms with Gasteiger partial charge in [0.25, 0.3) is 0 Å². The minimum Gasteiger partial charge on any atom is -0.325 e. The molecule has 0 spiro atoms. The van der Waals surface area contributed by atoms with Gasteiger partial charge in [0.2, 0.25) is 10.0 Å². The van der Waals surface area contributed by atoms with Crippen LogP contribution in [-0.4, -0.2) is 35.5 Å². The van der Waals surface area contributed by atoms with E-state index in [2.05, 4.69) is 4.98 Å². The van der Waals surface area contributed by atoms with Crippen LogP contribution in [0.2, 0.25) is 10.0 Å². The van der Waals surface area contributed by atoms with Crippen LogP contribution in [0.25, 0.3) is 0 Å². The third kappa shape index (κ3) is 4.33. The number of aryl methyl sites for hydroxylation is 1. The van der Waals surface area contributed by atoms with Crippen molar-refractivity contribution in [3.05, 3.63) is 45.5 Å². The molecule has 0 saturated heterocycles. The zero-order valence-electron chi connectivity index (χ0n) is 14.1. The summed E-state index contributed by atoms with van der Waals surface area (Å²) >= 11 is 12.2. The summed E-state index contributed by atoms with van der Waals surface area (Å²) < 4.78 is 65.4. The van der Waals surface area contributed by atoms with Crippen molar-refractivity contribution in [1.29, 1.82) is 0 Å². The zero-order valence-corrected chi connectivity index (χ0v) is 16.4. The van der Waals surface area contributed by atoms with Crippen molar-refractivity contribution < 1.29 is 21.6 Å². The maximum absolute atomic E-state index is 12.9. The van der Waals surface area contributed by atoms with Crippen molar-refractivity contribution in [2.75, 3.05) is 7.05 Å². The van der Waals surface area contributed by atoms with E-state index in [-0.39, 0.29) is 32.9 Å². The van der Waals surface area contributed by atoms with Gasteiger partial charge in [0, 0.05) is 24.5 Å². The third-order valence-corrected chi connectivity index (χ3v) is 6.74. The average molecular weight is 430 g/mol. The Hall–Kier alpha value is -1.29. The number of alkyl halides is 3. The second-order valence-corrected chi connectivity index (χ2v) is 8.56. The van der Waals surface area contributed by atoms with Gasteiger partial charge >= 0.3 is 6.18 Å². The topological polar surface area (TPSA) is 55.2 Å². The van der Waals surface area contributed by atoms with Crippen molar-refractivity contribution in [3.8, 4) is 0 Å². The molecular weight excluding hydrogens is 414 g/mol. The summed E-state index contributed by atoms with van der Waals surface area (Å²) in [6.07, 6.45) is -2.12. The van der Waals surface area contributed by atoms with E-state index in [1.807, 2.05) is 0 Å². The molecule has 0 radical (unpaired) electrons. The van der Waals surface area contributed by atoms with Crippen LogP contribution in [0.15, 0.2) is 23.4 Å². The number of nitrogens with zero attached hydrogens (tertiary/aromatic N) is 3. The lowest BCUT2D eigenvalue weighted by molar-refractivity contribution is -0.141. The lowest BCUT2D eigenvalue weighted by Gasteiger charge is -2.21. The summed E-state index contributed by atoms with van der Waals surface area (Å²) in [6.45, 7) is 1.51. The molecule has 144 valence electrons. The number of benzene rings is 1. The molecule has 0 aliphatic carbocycles. The number of halogens is 5. The molecule has 0 atom stereocenters. The van der Waals surface area contributed by atoms with E-state index in [1.165, 1.54) is 20.2 Å². The number of aromatic nitrogens is 2. The lowest BCUT2D eigenvalue weighted by atomic mass is 10.2. The molecule has 0 amide bonds. The number of imidazole rings is 1. The van der Waals surface area contributed by atoms with Crippen molar-refractivity contribution in [1.82, 2.24) is 13.9 Å². The Morgan fingerprint density at radius 2 is 1.88 bits per heavy atom. The van der Waals surface area contributed by atoms with Crippen LogP contribution in [0.5, 0.6) is 0 Å². The maximum Gasteiger partial charge on any atom is 0.406 e. The van der Waals surface area contributed by atoms with Crippen LogP contribution >= 0.6 is 23.2 Å². The molecule has 0 aliphatic heterocycles. The molecule has 0 N–H and O–H groups in total. The quantitative estimate of drug-likeness (QED) is 0.715. The molecule has 1 heterocycles. The smallest absolute Gasteiger partial charge is 0.325 e. The highest BCUT2D eigenvalue weighted by atomic mass is 35.5. The highest BCUT2D eigenvalue weighted by Crippen LogP contribution is 2.35. The molecule has 1 aromatic heterocycles. The Balaban J connectivity index is 2.40. The molecule has 11 heteroatoms. The second-order valence-electron chi connectivity index (χ2n) is 5.79. The van der Waals surface area contributed by atoms with E-state index in [1.54, 1.807) is 13.0 Å². The minimum absolute atomic E-state index is 0.0254. The zero-order chi connectivity index (χ0) is 19.9. The fraction of sp³-hybridized carbons (Fsp3) is 0.400. The van der Waals surface area contributed by atoms with Gasteiger partial charge in [0.1, 0.15) is 17.3 Å². The first-order valence-electron chi connectivity index (χ1n) is 7.33. The maximum atomic E-state index is 12.9. The molecule has 0 bridgehead atoms. The standard InChI is InChI=1S/C15H16Cl2F3N3O2S/c1-9-6-11(16)10(2)14(13(9)17)26(24,25)22(3)7-12-21-4-5-23(12)8-15(18,19)20/h4-6H,7-8H2,1-3H3. The van der Waals surface area contributed by atoms with Crippen LogP contribution in [0.4, 0.5) is 13.2 Å². The first kappa shape index (κ1) is 21.0. The Kier molecular flexibility index (Phi) is 5.96. The monoisotopic (exact) mass is 429 g/mol. The number of rotatable bonds is 5. The molecule has 0 unspecified atom stereocenters. The van der Waals surface area contributed by atoms with Gasteiger partial charge in [-0.05, 0) is 31.0 Å². The molecule has 0 fully saturated rings. The molecule has 0 aliphatic rings. The number of hydrogen-bond donors (Lipinski definition) is 0. The number of hydrogen-bond acceptors (Lipinski definition) is 3. The predicted molar refractivity (Wildman–Crippen MR) is 92.9 cm³/mol. The second kappa shape index (κ2) is 7.38. The van der Waals surface area contributed by atoms with E-state index in [4.69, 9.17) is 23.2 Å². The van der Waals surface area contributed by atoms with E-state index < -0.39 is 22.7 Å². The van der Waals surface area contributed by atoms with E-state index in [0.717, 1.165) is 15.1 Å². The van der Waals surface area contributed by atoms with Gasteiger partial charge in [0.05, 0.1) is 11.6 Å². The van der Waals surface area contributed by atoms with Crippen LogP contribution < -0.4 is 0 Å². The molecule has 1 aromatic carbocycles. The lowest BCUT2D eigenvalue weighted by Crippen LogP contribution is -2.30. The van der Waals surface area contributed by atoms with Gasteiger partial charge in [-0.25, -0.2) is 13.4 Å². The summed E-state index contributed by atoms with van der Waals surface area (Å²) in [6, 6.07) is 1.55. The summed E-state index contributed by atoms with van der Waals surface area (Å²) in [5.74, 6) is -0.0408. The summed E-state index contributed by atoms with van der Waals surface area (Å²) in [5.41, 5.74) is 0.751. The highest BCUT2D eigenvalue weighted by molar-refractivity contribution is 7.89. The molecule has 26 heavy (non-hydrogen) atoms. The van der Waals surface area contributed by atoms with Gasteiger partial charge in [-0.15, -0.1) is 0 Å². The number of sulfonamides is 1. The Morgan fingerprint density at radius 1 is 1.27 bits per heavy atom. The van der Waals surface area contributed by atoms with Gasteiger partial charge < -0.3 is 4.57 Å². The summed E-state index contributed by atoms with van der Waals surface area (Å²) in [7, 11) is -2.86. The van der Waals surface area contributed by atoms with Gasteiger partial charge in [-0.2, -0.15) is 17.5 Å². The SMILES string of the molecule is Cc1cc(Cl)c(C)c(S(=O)(=O)N(C)Cc2nccn2CC(F)(F)F)c1Cl. The fourth-order valence-electron chi connectivity index (χ4n) is 2.39. The third-order valence-electron chi connectivity index (χ3n) is 3.77. The van der Waals surface area contributed by atoms with Gasteiger partial charge in [-0.3, -0.25) is 0 Å².